The average molecular weight is 574 g/mol. The molecule has 2 aromatic rings. The van der Waals surface area contributed by atoms with E-state index in [2.05, 4.69) is 60.0 Å². The minimum Gasteiger partial charge on any atom is -0.465 e. The SMILES string of the molecule is CC.COC(=O)c1cc(C2=CCN(C)C(C)=C2/C=C(\C)CN2CCC(c3ccc(C(=O)N(C)C)cc3)CC2)cnc1N. The van der Waals surface area contributed by atoms with Crippen molar-refractivity contribution >= 4 is 23.3 Å². The summed E-state index contributed by atoms with van der Waals surface area (Å²) in [7, 11) is 6.98. The third-order valence-corrected chi connectivity index (χ3v) is 7.94. The van der Waals surface area contributed by atoms with Crippen LogP contribution in [0.15, 0.2) is 65.5 Å². The molecule has 42 heavy (non-hydrogen) atoms. The maximum atomic E-state index is 12.2. The predicted molar refractivity (Wildman–Crippen MR) is 171 cm³/mol. The molecule has 3 heterocycles. The lowest BCUT2D eigenvalue weighted by atomic mass is 9.88. The Morgan fingerprint density at radius 2 is 1.79 bits per heavy atom. The third kappa shape index (κ3) is 7.68. The number of likely N-dealkylation sites (N-methyl/N-ethyl adjacent to an activating group) is 1. The van der Waals surface area contributed by atoms with Gasteiger partial charge in [-0.1, -0.05) is 43.7 Å². The average Bonchev–Trinajstić information content (AvgIpc) is 3.00. The fraction of sp³-hybridized carbons (Fsp3) is 0.441. The Bertz CT molecular complexity index is 1350. The van der Waals surface area contributed by atoms with E-state index in [4.69, 9.17) is 10.5 Å². The van der Waals surface area contributed by atoms with Gasteiger partial charge >= 0.3 is 5.97 Å². The molecule has 0 aliphatic carbocycles. The van der Waals surface area contributed by atoms with Crippen molar-refractivity contribution in [3.63, 3.8) is 0 Å². The highest BCUT2D eigenvalue weighted by Gasteiger charge is 2.23. The minimum absolute atomic E-state index is 0.0349. The number of ether oxygens (including phenoxy) is 1. The number of rotatable bonds is 7. The molecule has 2 N–H and O–H groups in total. The number of aromatic nitrogens is 1. The first-order valence-corrected chi connectivity index (χ1v) is 14.8. The number of nitrogen functional groups attached to an aromatic ring is 1. The maximum Gasteiger partial charge on any atom is 0.341 e. The van der Waals surface area contributed by atoms with Crippen LogP contribution in [0.4, 0.5) is 5.82 Å². The maximum absolute atomic E-state index is 12.2. The Morgan fingerprint density at radius 1 is 1.14 bits per heavy atom. The van der Waals surface area contributed by atoms with Crippen LogP contribution in [-0.2, 0) is 4.74 Å². The predicted octanol–water partition coefficient (Wildman–Crippen LogP) is 5.61. The van der Waals surface area contributed by atoms with E-state index in [0.29, 0.717) is 5.92 Å². The van der Waals surface area contributed by atoms with Gasteiger partial charge in [-0.3, -0.25) is 9.69 Å². The Balaban J connectivity index is 0.00000237. The lowest BCUT2D eigenvalue weighted by Crippen LogP contribution is -2.34. The Morgan fingerprint density at radius 3 is 2.38 bits per heavy atom. The van der Waals surface area contributed by atoms with Gasteiger partial charge in [0, 0.05) is 62.8 Å². The highest BCUT2D eigenvalue weighted by atomic mass is 16.5. The van der Waals surface area contributed by atoms with Crippen molar-refractivity contribution < 1.29 is 14.3 Å². The van der Waals surface area contributed by atoms with E-state index in [0.717, 1.165) is 61.3 Å². The molecule has 8 nitrogen and oxygen atoms in total. The highest BCUT2D eigenvalue weighted by Crippen LogP contribution is 2.34. The highest BCUT2D eigenvalue weighted by molar-refractivity contribution is 5.96. The van der Waals surface area contributed by atoms with Crippen molar-refractivity contribution in [1.29, 1.82) is 0 Å². The van der Waals surface area contributed by atoms with E-state index >= 15 is 0 Å². The van der Waals surface area contributed by atoms with E-state index < -0.39 is 5.97 Å². The van der Waals surface area contributed by atoms with Crippen LogP contribution >= 0.6 is 0 Å². The largest absolute Gasteiger partial charge is 0.465 e. The van der Waals surface area contributed by atoms with Crippen molar-refractivity contribution in [1.82, 2.24) is 19.7 Å². The van der Waals surface area contributed by atoms with Crippen LogP contribution < -0.4 is 5.73 Å². The van der Waals surface area contributed by atoms with Gasteiger partial charge in [0.05, 0.1) is 7.11 Å². The number of methoxy groups -OCH3 is 1. The fourth-order valence-corrected chi connectivity index (χ4v) is 5.45. The molecular weight excluding hydrogens is 526 g/mol. The molecule has 1 aromatic heterocycles. The molecule has 1 aromatic carbocycles. The second kappa shape index (κ2) is 14.8. The van der Waals surface area contributed by atoms with Crippen molar-refractivity contribution in [2.75, 3.05) is 60.2 Å². The summed E-state index contributed by atoms with van der Waals surface area (Å²) in [6.45, 7) is 12.0. The molecule has 1 amide bonds. The van der Waals surface area contributed by atoms with Crippen LogP contribution in [0, 0.1) is 0 Å². The second-order valence-corrected chi connectivity index (χ2v) is 11.0. The summed E-state index contributed by atoms with van der Waals surface area (Å²) in [4.78, 5) is 35.1. The number of amides is 1. The number of benzene rings is 1. The number of piperidine rings is 1. The number of nitrogens with zero attached hydrogens (tertiary/aromatic N) is 4. The Kier molecular flexibility index (Phi) is 11.5. The molecule has 0 radical (unpaired) electrons. The zero-order valence-corrected chi connectivity index (χ0v) is 26.5. The van der Waals surface area contributed by atoms with Crippen LogP contribution in [0.2, 0.25) is 0 Å². The lowest BCUT2D eigenvalue weighted by Gasteiger charge is -2.33. The monoisotopic (exact) mass is 573 g/mol. The number of anilines is 1. The normalized spacial score (nSPS) is 16.4. The number of hydrogen-bond acceptors (Lipinski definition) is 7. The van der Waals surface area contributed by atoms with Gasteiger partial charge < -0.3 is 20.3 Å². The van der Waals surface area contributed by atoms with Gasteiger partial charge in [-0.25, -0.2) is 9.78 Å². The van der Waals surface area contributed by atoms with Crippen LogP contribution in [0.3, 0.4) is 0 Å². The first-order valence-electron chi connectivity index (χ1n) is 14.8. The van der Waals surface area contributed by atoms with Gasteiger partial charge in [0.25, 0.3) is 5.91 Å². The topological polar surface area (TPSA) is 92.0 Å². The van der Waals surface area contributed by atoms with Gasteiger partial charge in [-0.05, 0) is 75.0 Å². The number of carbonyl (C=O) groups excluding carboxylic acids is 2. The molecule has 0 bridgehead atoms. The molecule has 1 saturated heterocycles. The molecule has 2 aliphatic heterocycles. The van der Waals surface area contributed by atoms with Crippen LogP contribution in [-0.4, -0.2) is 86.0 Å². The summed E-state index contributed by atoms with van der Waals surface area (Å²) in [6.07, 6.45) is 8.35. The smallest absolute Gasteiger partial charge is 0.341 e. The van der Waals surface area contributed by atoms with Gasteiger partial charge in [-0.15, -0.1) is 0 Å². The zero-order valence-electron chi connectivity index (χ0n) is 26.5. The molecule has 0 atom stereocenters. The summed E-state index contributed by atoms with van der Waals surface area (Å²) in [5, 5.41) is 0. The number of carbonyl (C=O) groups is 2. The van der Waals surface area contributed by atoms with Crippen LogP contribution in [0.25, 0.3) is 5.57 Å². The van der Waals surface area contributed by atoms with Crippen LogP contribution in [0.5, 0.6) is 0 Å². The molecule has 0 saturated carbocycles. The van der Waals surface area contributed by atoms with E-state index in [1.165, 1.54) is 23.9 Å². The Hall–Kier alpha value is -3.91. The van der Waals surface area contributed by atoms with Crippen LogP contribution in [0.1, 0.15) is 78.3 Å². The third-order valence-electron chi connectivity index (χ3n) is 7.94. The van der Waals surface area contributed by atoms with Crippen molar-refractivity contribution in [3.8, 4) is 0 Å². The molecule has 8 heteroatoms. The quantitative estimate of drug-likeness (QED) is 0.431. The minimum atomic E-state index is -0.490. The zero-order chi connectivity index (χ0) is 31.0. The van der Waals surface area contributed by atoms with Gasteiger partial charge in [0.15, 0.2) is 0 Å². The van der Waals surface area contributed by atoms with E-state index in [9.17, 15) is 9.59 Å². The molecule has 226 valence electrons. The molecule has 2 aliphatic rings. The van der Waals surface area contributed by atoms with Gasteiger partial charge in [0.1, 0.15) is 11.4 Å². The summed E-state index contributed by atoms with van der Waals surface area (Å²) in [6, 6.07) is 9.90. The van der Waals surface area contributed by atoms with Gasteiger partial charge in [0.2, 0.25) is 0 Å². The lowest BCUT2D eigenvalue weighted by molar-refractivity contribution is 0.0601. The number of allylic oxidation sites excluding steroid dienone is 4. The number of esters is 1. The first kappa shape index (κ1) is 32.6. The molecule has 0 unspecified atom stereocenters. The van der Waals surface area contributed by atoms with E-state index in [1.54, 1.807) is 31.3 Å². The summed E-state index contributed by atoms with van der Waals surface area (Å²) < 4.78 is 4.90. The van der Waals surface area contributed by atoms with Crippen molar-refractivity contribution in [2.45, 2.75) is 46.5 Å². The van der Waals surface area contributed by atoms with Gasteiger partial charge in [-0.2, -0.15) is 0 Å². The van der Waals surface area contributed by atoms with Crippen molar-refractivity contribution in [2.24, 2.45) is 0 Å². The molecular formula is C34H47N5O3. The number of pyridine rings is 1. The van der Waals surface area contributed by atoms with E-state index in [1.807, 2.05) is 26.0 Å². The van der Waals surface area contributed by atoms with E-state index in [-0.39, 0.29) is 17.3 Å². The number of hydrogen-bond donors (Lipinski definition) is 1. The number of likely N-dealkylation sites (tertiary alicyclic amines) is 1. The molecule has 0 spiro atoms. The molecule has 1 fully saturated rings. The summed E-state index contributed by atoms with van der Waals surface area (Å²) >= 11 is 0. The fourth-order valence-electron chi connectivity index (χ4n) is 5.45. The van der Waals surface area contributed by atoms with Crippen molar-refractivity contribution in [3.05, 3.63) is 87.8 Å². The second-order valence-electron chi connectivity index (χ2n) is 11.0. The number of nitrogens with two attached hydrogens (primary N) is 1. The Labute approximate surface area is 251 Å². The molecule has 4 rings (SSSR count). The summed E-state index contributed by atoms with van der Waals surface area (Å²) in [5.41, 5.74) is 13.7. The summed E-state index contributed by atoms with van der Waals surface area (Å²) in [5.74, 6) is 0.223. The standard InChI is InChI=1S/C32H41N5O3.C2H6/c1-21(20-37-15-11-24(12-16-37)23-7-9-25(10-8-23)31(38)35(3)4)17-28-22(2)36(5)14-13-27(28)26-18-29(32(39)40-6)30(33)34-19-26;1-2/h7-10,13,17-19,24H,11-12,14-16,20H2,1-6H3,(H2,33,34);1-2H3/b21-17+;. The first-order chi connectivity index (χ1) is 20.1.